The van der Waals surface area contributed by atoms with Crippen molar-refractivity contribution in [1.82, 2.24) is 4.98 Å². The van der Waals surface area contributed by atoms with Crippen molar-refractivity contribution in [3.63, 3.8) is 0 Å². The van der Waals surface area contributed by atoms with E-state index in [1.165, 1.54) is 12.1 Å². The molecule has 1 aromatic carbocycles. The van der Waals surface area contributed by atoms with Gasteiger partial charge in [0.1, 0.15) is 10.8 Å². The van der Waals surface area contributed by atoms with E-state index in [2.05, 4.69) is 34.8 Å². The number of benzene rings is 1. The van der Waals surface area contributed by atoms with Crippen molar-refractivity contribution in [3.8, 4) is 10.6 Å². The van der Waals surface area contributed by atoms with Gasteiger partial charge in [0.15, 0.2) is 0 Å². The van der Waals surface area contributed by atoms with Crippen molar-refractivity contribution in [2.75, 3.05) is 0 Å². The van der Waals surface area contributed by atoms with E-state index in [-0.39, 0.29) is 5.82 Å². The summed E-state index contributed by atoms with van der Waals surface area (Å²) < 4.78 is 14.2. The molecule has 5 heteroatoms. The van der Waals surface area contributed by atoms with Crippen molar-refractivity contribution in [1.29, 1.82) is 0 Å². The zero-order valence-electron chi connectivity index (χ0n) is 10.9. The Balaban J connectivity index is 2.42. The first-order valence-corrected chi connectivity index (χ1v) is 7.75. The molecule has 1 heterocycles. The highest BCUT2D eigenvalue weighted by Gasteiger charge is 2.13. The summed E-state index contributed by atoms with van der Waals surface area (Å²) in [7, 11) is 0. The standard InChI is InChI=1S/C14H16BrFN2S/c1-8(2)3-12-13(7-17)19-14(18-12)9-4-10(15)6-11(16)5-9/h4-6,8H,3,7,17H2,1-2H3. The predicted molar refractivity (Wildman–Crippen MR) is 81.6 cm³/mol. The summed E-state index contributed by atoms with van der Waals surface area (Å²) in [6, 6.07) is 4.82. The Morgan fingerprint density at radius 2 is 2.11 bits per heavy atom. The van der Waals surface area contributed by atoms with Crippen molar-refractivity contribution in [3.05, 3.63) is 39.1 Å². The van der Waals surface area contributed by atoms with Crippen LogP contribution in [0.2, 0.25) is 0 Å². The predicted octanol–water partition coefficient (Wildman–Crippen LogP) is 4.37. The molecule has 0 aliphatic rings. The van der Waals surface area contributed by atoms with Crippen LogP contribution in [0.4, 0.5) is 4.39 Å². The average Bonchev–Trinajstić information content (AvgIpc) is 2.70. The highest BCUT2D eigenvalue weighted by molar-refractivity contribution is 9.10. The quantitative estimate of drug-likeness (QED) is 0.895. The van der Waals surface area contributed by atoms with E-state index in [4.69, 9.17) is 5.73 Å². The minimum absolute atomic E-state index is 0.265. The lowest BCUT2D eigenvalue weighted by molar-refractivity contribution is 0.627. The Labute approximate surface area is 125 Å². The van der Waals surface area contributed by atoms with Crippen LogP contribution < -0.4 is 5.73 Å². The lowest BCUT2D eigenvalue weighted by Crippen LogP contribution is -2.01. The third kappa shape index (κ3) is 3.61. The summed E-state index contributed by atoms with van der Waals surface area (Å²) in [5.74, 6) is 0.263. The molecular formula is C14H16BrFN2S. The van der Waals surface area contributed by atoms with E-state index in [1.807, 2.05) is 6.07 Å². The highest BCUT2D eigenvalue weighted by atomic mass is 79.9. The first-order valence-electron chi connectivity index (χ1n) is 6.14. The molecule has 0 saturated carbocycles. The second-order valence-corrected chi connectivity index (χ2v) is 6.85. The molecule has 0 fully saturated rings. The molecule has 0 atom stereocenters. The summed E-state index contributed by atoms with van der Waals surface area (Å²) in [6.07, 6.45) is 0.902. The molecule has 2 aromatic rings. The maximum absolute atomic E-state index is 13.4. The van der Waals surface area contributed by atoms with Gasteiger partial charge in [-0.25, -0.2) is 9.37 Å². The molecule has 0 bridgehead atoms. The maximum Gasteiger partial charge on any atom is 0.125 e. The van der Waals surface area contributed by atoms with Crippen LogP contribution >= 0.6 is 27.3 Å². The summed E-state index contributed by atoms with van der Waals surface area (Å²) in [5, 5.41) is 0.830. The van der Waals surface area contributed by atoms with Gasteiger partial charge in [0.2, 0.25) is 0 Å². The molecular weight excluding hydrogens is 327 g/mol. The topological polar surface area (TPSA) is 38.9 Å². The Morgan fingerprint density at radius 3 is 2.68 bits per heavy atom. The van der Waals surface area contributed by atoms with Crippen molar-refractivity contribution in [2.45, 2.75) is 26.8 Å². The highest BCUT2D eigenvalue weighted by Crippen LogP contribution is 2.31. The fraction of sp³-hybridized carbons (Fsp3) is 0.357. The Kier molecular flexibility index (Phi) is 4.71. The molecule has 0 amide bonds. The summed E-state index contributed by atoms with van der Waals surface area (Å²) in [6.45, 7) is 4.78. The fourth-order valence-corrected chi connectivity index (χ4v) is 3.31. The molecule has 0 radical (unpaired) electrons. The van der Waals surface area contributed by atoms with Gasteiger partial charge in [-0.15, -0.1) is 11.3 Å². The van der Waals surface area contributed by atoms with Crippen molar-refractivity contribution < 1.29 is 4.39 Å². The van der Waals surface area contributed by atoms with Crippen LogP contribution in [-0.2, 0) is 13.0 Å². The minimum Gasteiger partial charge on any atom is -0.326 e. The number of hydrogen-bond donors (Lipinski definition) is 1. The van der Waals surface area contributed by atoms with Gasteiger partial charge in [-0.1, -0.05) is 29.8 Å². The largest absolute Gasteiger partial charge is 0.326 e. The van der Waals surface area contributed by atoms with E-state index in [9.17, 15) is 4.39 Å². The molecule has 0 unspecified atom stereocenters. The molecule has 0 aliphatic heterocycles. The maximum atomic E-state index is 13.4. The second-order valence-electron chi connectivity index (χ2n) is 4.85. The molecule has 1 aromatic heterocycles. The molecule has 0 aliphatic carbocycles. The molecule has 2 N–H and O–H groups in total. The number of thiazole rings is 1. The molecule has 102 valence electrons. The van der Waals surface area contributed by atoms with Crippen LogP contribution in [0.25, 0.3) is 10.6 Å². The molecule has 2 rings (SSSR count). The summed E-state index contributed by atoms with van der Waals surface area (Å²) in [5.41, 5.74) is 7.60. The first kappa shape index (κ1) is 14.6. The lowest BCUT2D eigenvalue weighted by Gasteiger charge is -2.02. The van der Waals surface area contributed by atoms with Gasteiger partial charge in [0.05, 0.1) is 5.69 Å². The molecule has 0 spiro atoms. The van der Waals surface area contributed by atoms with E-state index < -0.39 is 0 Å². The zero-order chi connectivity index (χ0) is 14.0. The number of rotatable bonds is 4. The van der Waals surface area contributed by atoms with Crippen LogP contribution in [0.1, 0.15) is 24.4 Å². The third-order valence-electron chi connectivity index (χ3n) is 2.67. The summed E-state index contributed by atoms with van der Waals surface area (Å²) >= 11 is 4.85. The second kappa shape index (κ2) is 6.11. The Hall–Kier alpha value is -0.780. The van der Waals surface area contributed by atoms with Gasteiger partial charge in [-0.3, -0.25) is 0 Å². The number of nitrogens with two attached hydrogens (primary N) is 1. The van der Waals surface area contributed by atoms with Crippen LogP contribution in [0, 0.1) is 11.7 Å². The molecule has 0 saturated heterocycles. The zero-order valence-corrected chi connectivity index (χ0v) is 13.3. The smallest absolute Gasteiger partial charge is 0.125 e. The minimum atomic E-state index is -0.265. The van der Waals surface area contributed by atoms with Crippen molar-refractivity contribution in [2.24, 2.45) is 11.7 Å². The van der Waals surface area contributed by atoms with Gasteiger partial charge in [0.25, 0.3) is 0 Å². The van der Waals surface area contributed by atoms with E-state index in [0.717, 1.165) is 32.0 Å². The summed E-state index contributed by atoms with van der Waals surface area (Å²) in [4.78, 5) is 5.71. The lowest BCUT2D eigenvalue weighted by atomic mass is 10.1. The van der Waals surface area contributed by atoms with Crippen molar-refractivity contribution >= 4 is 27.3 Å². The Bertz CT molecular complexity index is 561. The molecule has 2 nitrogen and oxygen atoms in total. The van der Waals surface area contributed by atoms with Gasteiger partial charge in [0, 0.05) is 21.5 Å². The number of halogens is 2. The third-order valence-corrected chi connectivity index (χ3v) is 4.30. The number of aromatic nitrogens is 1. The van der Waals surface area contributed by atoms with E-state index in [0.29, 0.717) is 12.5 Å². The molecule has 19 heavy (non-hydrogen) atoms. The Morgan fingerprint density at radius 1 is 1.37 bits per heavy atom. The first-order chi connectivity index (χ1) is 8.99. The van der Waals surface area contributed by atoms with Crippen LogP contribution in [0.3, 0.4) is 0 Å². The van der Waals surface area contributed by atoms with Gasteiger partial charge >= 0.3 is 0 Å². The van der Waals surface area contributed by atoms with Gasteiger partial charge in [-0.2, -0.15) is 0 Å². The number of nitrogens with zero attached hydrogens (tertiary/aromatic N) is 1. The van der Waals surface area contributed by atoms with Crippen LogP contribution in [0.15, 0.2) is 22.7 Å². The normalized spacial score (nSPS) is 11.3. The number of hydrogen-bond acceptors (Lipinski definition) is 3. The van der Waals surface area contributed by atoms with Gasteiger partial charge in [-0.05, 0) is 30.5 Å². The SMILES string of the molecule is CC(C)Cc1nc(-c2cc(F)cc(Br)c2)sc1CN. The van der Waals surface area contributed by atoms with E-state index >= 15 is 0 Å². The van der Waals surface area contributed by atoms with E-state index in [1.54, 1.807) is 11.3 Å². The van der Waals surface area contributed by atoms with Crippen LogP contribution in [0.5, 0.6) is 0 Å². The fourth-order valence-electron chi connectivity index (χ4n) is 1.89. The monoisotopic (exact) mass is 342 g/mol. The average molecular weight is 343 g/mol. The van der Waals surface area contributed by atoms with Gasteiger partial charge < -0.3 is 5.73 Å². The van der Waals surface area contributed by atoms with Crippen LogP contribution in [-0.4, -0.2) is 4.98 Å².